The van der Waals surface area contributed by atoms with E-state index in [-0.39, 0.29) is 0 Å². The average molecular weight is 247 g/mol. The number of hydrogen-bond acceptors (Lipinski definition) is 3. The molecular formula is C15H21NO2. The molecule has 1 saturated heterocycles. The number of likely N-dealkylation sites (tertiary alicyclic amines) is 1. The molecule has 2 fully saturated rings. The van der Waals surface area contributed by atoms with Crippen LogP contribution >= 0.6 is 0 Å². The molecule has 2 unspecified atom stereocenters. The highest BCUT2D eigenvalue weighted by Gasteiger charge is 2.33. The van der Waals surface area contributed by atoms with Gasteiger partial charge in [-0.2, -0.15) is 0 Å². The average Bonchev–Trinajstić information content (AvgIpc) is 2.87. The van der Waals surface area contributed by atoms with Crippen LogP contribution in [-0.4, -0.2) is 23.8 Å². The Kier molecular flexibility index (Phi) is 3.50. The van der Waals surface area contributed by atoms with E-state index in [1.807, 2.05) is 6.07 Å². The molecule has 1 aromatic heterocycles. The van der Waals surface area contributed by atoms with Gasteiger partial charge in [-0.05, 0) is 50.3 Å². The number of furan rings is 1. The summed E-state index contributed by atoms with van der Waals surface area (Å²) in [6.07, 6.45) is 9.01. The lowest BCUT2D eigenvalue weighted by Gasteiger charge is -2.43. The van der Waals surface area contributed by atoms with Gasteiger partial charge in [-0.15, -0.1) is 0 Å². The molecule has 1 aliphatic heterocycles. The standard InChI is InChI=1S/C15H21NO2/c17-11-14-8-7-13(18-14)10-16-9-3-5-12-4-1-2-6-15(12)16/h7-8,11-12,15H,1-6,9-10H2. The van der Waals surface area contributed by atoms with Crippen LogP contribution in [0.5, 0.6) is 0 Å². The molecule has 2 atom stereocenters. The highest BCUT2D eigenvalue weighted by molar-refractivity contribution is 5.70. The van der Waals surface area contributed by atoms with Gasteiger partial charge in [0.05, 0.1) is 6.54 Å². The topological polar surface area (TPSA) is 33.5 Å². The third kappa shape index (κ3) is 2.37. The summed E-state index contributed by atoms with van der Waals surface area (Å²) in [5.41, 5.74) is 0. The molecule has 0 aromatic carbocycles. The van der Waals surface area contributed by atoms with Gasteiger partial charge in [-0.1, -0.05) is 12.8 Å². The first kappa shape index (κ1) is 12.0. The van der Waals surface area contributed by atoms with Crippen LogP contribution in [0.1, 0.15) is 54.8 Å². The number of hydrogen-bond donors (Lipinski definition) is 0. The van der Waals surface area contributed by atoms with E-state index in [1.165, 1.54) is 45.1 Å². The monoisotopic (exact) mass is 247 g/mol. The molecule has 3 rings (SSSR count). The summed E-state index contributed by atoms with van der Waals surface area (Å²) in [6.45, 7) is 2.05. The molecule has 0 bridgehead atoms. The maximum absolute atomic E-state index is 10.6. The van der Waals surface area contributed by atoms with Crippen LogP contribution in [0, 0.1) is 5.92 Å². The van der Waals surface area contributed by atoms with Crippen molar-refractivity contribution in [2.24, 2.45) is 5.92 Å². The van der Waals surface area contributed by atoms with Gasteiger partial charge >= 0.3 is 0 Å². The Morgan fingerprint density at radius 2 is 2.06 bits per heavy atom. The van der Waals surface area contributed by atoms with Gasteiger partial charge in [-0.25, -0.2) is 0 Å². The molecule has 1 aliphatic carbocycles. The molecular weight excluding hydrogens is 226 g/mol. The molecule has 3 heteroatoms. The SMILES string of the molecule is O=Cc1ccc(CN2CCCC3CCCCC32)o1. The number of aldehydes is 1. The first-order valence-corrected chi connectivity index (χ1v) is 7.15. The van der Waals surface area contributed by atoms with Gasteiger partial charge in [0.2, 0.25) is 0 Å². The summed E-state index contributed by atoms with van der Waals surface area (Å²) in [5.74, 6) is 2.28. The first-order chi connectivity index (χ1) is 8.86. The van der Waals surface area contributed by atoms with Crippen LogP contribution in [0.25, 0.3) is 0 Å². The fourth-order valence-corrected chi connectivity index (χ4v) is 3.67. The van der Waals surface area contributed by atoms with Crippen LogP contribution in [0.3, 0.4) is 0 Å². The van der Waals surface area contributed by atoms with Crippen molar-refractivity contribution in [1.29, 1.82) is 0 Å². The second-order valence-corrected chi connectivity index (χ2v) is 5.65. The molecule has 0 spiro atoms. The molecule has 0 radical (unpaired) electrons. The first-order valence-electron chi connectivity index (χ1n) is 7.15. The predicted molar refractivity (Wildman–Crippen MR) is 69.5 cm³/mol. The molecule has 98 valence electrons. The fraction of sp³-hybridized carbons (Fsp3) is 0.667. The zero-order valence-corrected chi connectivity index (χ0v) is 10.8. The third-order valence-corrected chi connectivity index (χ3v) is 4.52. The number of fused-ring (bicyclic) bond motifs is 1. The molecule has 1 saturated carbocycles. The number of carbonyl (C=O) groups excluding carboxylic acids is 1. The number of rotatable bonds is 3. The largest absolute Gasteiger partial charge is 0.457 e. The van der Waals surface area contributed by atoms with Crippen molar-refractivity contribution in [3.8, 4) is 0 Å². The Bertz CT molecular complexity index is 410. The van der Waals surface area contributed by atoms with E-state index < -0.39 is 0 Å². The summed E-state index contributed by atoms with van der Waals surface area (Å²) in [6, 6.07) is 4.46. The van der Waals surface area contributed by atoms with Gasteiger partial charge in [0.15, 0.2) is 12.0 Å². The minimum Gasteiger partial charge on any atom is -0.457 e. The summed E-state index contributed by atoms with van der Waals surface area (Å²) >= 11 is 0. The predicted octanol–water partition coefficient (Wildman–Crippen LogP) is 3.25. The smallest absolute Gasteiger partial charge is 0.185 e. The Morgan fingerprint density at radius 3 is 2.89 bits per heavy atom. The summed E-state index contributed by atoms with van der Waals surface area (Å²) in [4.78, 5) is 13.2. The number of carbonyl (C=O) groups is 1. The van der Waals surface area contributed by atoms with Crippen molar-refractivity contribution >= 4 is 6.29 Å². The molecule has 1 aromatic rings. The van der Waals surface area contributed by atoms with Crippen LogP contribution in [-0.2, 0) is 6.54 Å². The minimum absolute atomic E-state index is 0.446. The third-order valence-electron chi connectivity index (χ3n) is 4.52. The fourth-order valence-electron chi connectivity index (χ4n) is 3.67. The molecule has 2 heterocycles. The number of piperidine rings is 1. The van der Waals surface area contributed by atoms with Crippen molar-refractivity contribution < 1.29 is 9.21 Å². The van der Waals surface area contributed by atoms with Gasteiger partial charge in [-0.3, -0.25) is 9.69 Å². The van der Waals surface area contributed by atoms with Crippen molar-refractivity contribution in [2.45, 2.75) is 51.1 Å². The molecule has 2 aliphatic rings. The zero-order chi connectivity index (χ0) is 12.4. The van der Waals surface area contributed by atoms with Crippen molar-refractivity contribution in [1.82, 2.24) is 4.90 Å². The van der Waals surface area contributed by atoms with Gasteiger partial charge in [0.1, 0.15) is 5.76 Å². The van der Waals surface area contributed by atoms with Crippen molar-refractivity contribution in [3.63, 3.8) is 0 Å². The second-order valence-electron chi connectivity index (χ2n) is 5.65. The highest BCUT2D eigenvalue weighted by atomic mass is 16.3. The quantitative estimate of drug-likeness (QED) is 0.769. The summed E-state index contributed by atoms with van der Waals surface area (Å²) in [7, 11) is 0. The Hall–Kier alpha value is -1.09. The summed E-state index contributed by atoms with van der Waals surface area (Å²) < 4.78 is 5.51. The van der Waals surface area contributed by atoms with E-state index in [0.29, 0.717) is 5.76 Å². The van der Waals surface area contributed by atoms with Crippen molar-refractivity contribution in [2.75, 3.05) is 6.54 Å². The molecule has 0 N–H and O–H groups in total. The lowest BCUT2D eigenvalue weighted by atomic mass is 9.78. The van der Waals surface area contributed by atoms with E-state index in [4.69, 9.17) is 4.42 Å². The van der Waals surface area contributed by atoms with Gasteiger partial charge in [0.25, 0.3) is 0 Å². The van der Waals surface area contributed by atoms with E-state index >= 15 is 0 Å². The van der Waals surface area contributed by atoms with E-state index in [1.54, 1.807) is 6.07 Å². The Morgan fingerprint density at radius 1 is 1.22 bits per heavy atom. The second kappa shape index (κ2) is 5.27. The van der Waals surface area contributed by atoms with Crippen LogP contribution < -0.4 is 0 Å². The van der Waals surface area contributed by atoms with Crippen LogP contribution in [0.15, 0.2) is 16.5 Å². The van der Waals surface area contributed by atoms with Gasteiger partial charge in [0, 0.05) is 6.04 Å². The minimum atomic E-state index is 0.446. The molecule has 0 amide bonds. The van der Waals surface area contributed by atoms with Crippen molar-refractivity contribution in [3.05, 3.63) is 23.7 Å². The lowest BCUT2D eigenvalue weighted by molar-refractivity contribution is 0.0492. The molecule has 3 nitrogen and oxygen atoms in total. The number of nitrogens with zero attached hydrogens (tertiary/aromatic N) is 1. The zero-order valence-electron chi connectivity index (χ0n) is 10.8. The maximum atomic E-state index is 10.6. The highest BCUT2D eigenvalue weighted by Crippen LogP contribution is 2.35. The Labute approximate surface area is 108 Å². The maximum Gasteiger partial charge on any atom is 0.185 e. The van der Waals surface area contributed by atoms with Crippen LogP contribution in [0.4, 0.5) is 0 Å². The van der Waals surface area contributed by atoms with E-state index in [2.05, 4.69) is 4.90 Å². The molecule has 18 heavy (non-hydrogen) atoms. The lowest BCUT2D eigenvalue weighted by Crippen LogP contribution is -2.46. The normalized spacial score (nSPS) is 28.9. The van der Waals surface area contributed by atoms with Gasteiger partial charge < -0.3 is 4.42 Å². The van der Waals surface area contributed by atoms with E-state index in [9.17, 15) is 4.79 Å². The summed E-state index contributed by atoms with van der Waals surface area (Å²) in [5, 5.41) is 0. The van der Waals surface area contributed by atoms with Crippen LogP contribution in [0.2, 0.25) is 0 Å². The Balaban J connectivity index is 1.68. The van der Waals surface area contributed by atoms with E-state index in [0.717, 1.165) is 30.6 Å².